The molecule has 1 aromatic carbocycles. The lowest BCUT2D eigenvalue weighted by atomic mass is 10.4. The molecule has 0 atom stereocenters. The lowest BCUT2D eigenvalue weighted by molar-refractivity contribution is 0.542. The highest BCUT2D eigenvalue weighted by Crippen LogP contribution is 2.25. The van der Waals surface area contributed by atoms with Gasteiger partial charge >= 0.3 is 0 Å². The Labute approximate surface area is 133 Å². The van der Waals surface area contributed by atoms with E-state index in [4.69, 9.17) is 0 Å². The molecule has 0 aliphatic rings. The van der Waals surface area contributed by atoms with E-state index in [9.17, 15) is 8.42 Å². The average molecular weight is 424 g/mol. The van der Waals surface area contributed by atoms with Crippen LogP contribution in [0.25, 0.3) is 0 Å². The van der Waals surface area contributed by atoms with Crippen LogP contribution in [0.1, 0.15) is 6.42 Å². The van der Waals surface area contributed by atoms with Crippen LogP contribution in [0, 0.1) is 0 Å². The minimum absolute atomic E-state index is 0.224. The third-order valence-electron chi connectivity index (χ3n) is 2.51. The van der Waals surface area contributed by atoms with Gasteiger partial charge in [-0.15, -0.1) is 5.10 Å². The zero-order valence-electron chi connectivity index (χ0n) is 10.3. The zero-order chi connectivity index (χ0) is 14.6. The SMILES string of the molecule is O=S(=O)(NCCCn1ccnn1)c1ccc(Br)cc1Br. The van der Waals surface area contributed by atoms with Gasteiger partial charge in [0.1, 0.15) is 0 Å². The van der Waals surface area contributed by atoms with Gasteiger partial charge in [0.2, 0.25) is 10.0 Å². The van der Waals surface area contributed by atoms with E-state index < -0.39 is 10.0 Å². The van der Waals surface area contributed by atoms with Gasteiger partial charge in [0.15, 0.2) is 0 Å². The first-order valence-corrected chi connectivity index (χ1v) is 8.85. The van der Waals surface area contributed by atoms with Crippen LogP contribution in [0.4, 0.5) is 0 Å². The van der Waals surface area contributed by atoms with Crippen molar-refractivity contribution in [1.82, 2.24) is 19.7 Å². The Morgan fingerprint density at radius 3 is 2.75 bits per heavy atom. The number of aryl methyl sites for hydroxylation is 1. The van der Waals surface area contributed by atoms with E-state index in [1.165, 1.54) is 0 Å². The van der Waals surface area contributed by atoms with E-state index in [1.807, 2.05) is 0 Å². The minimum Gasteiger partial charge on any atom is -0.253 e. The van der Waals surface area contributed by atoms with Gasteiger partial charge in [0.05, 0.1) is 11.1 Å². The molecule has 20 heavy (non-hydrogen) atoms. The van der Waals surface area contributed by atoms with Crippen LogP contribution in [-0.4, -0.2) is 30.0 Å². The Bertz CT molecular complexity index is 674. The van der Waals surface area contributed by atoms with Crippen LogP contribution in [0.15, 0.2) is 44.4 Å². The monoisotopic (exact) mass is 422 g/mol. The van der Waals surface area contributed by atoms with E-state index in [0.29, 0.717) is 24.0 Å². The molecular weight excluding hydrogens is 412 g/mol. The highest BCUT2D eigenvalue weighted by molar-refractivity contribution is 9.11. The summed E-state index contributed by atoms with van der Waals surface area (Å²) in [5, 5.41) is 7.49. The fraction of sp³-hybridized carbons (Fsp3) is 0.273. The van der Waals surface area contributed by atoms with Crippen molar-refractivity contribution in [2.45, 2.75) is 17.9 Å². The number of nitrogens with one attached hydrogen (secondary N) is 1. The van der Waals surface area contributed by atoms with Gasteiger partial charge in [0, 0.05) is 28.2 Å². The molecule has 0 spiro atoms. The Balaban J connectivity index is 1.93. The number of hydrogen-bond donors (Lipinski definition) is 1. The largest absolute Gasteiger partial charge is 0.253 e. The Morgan fingerprint density at radius 1 is 1.30 bits per heavy atom. The third kappa shape index (κ3) is 4.11. The Morgan fingerprint density at radius 2 is 2.10 bits per heavy atom. The van der Waals surface area contributed by atoms with Gasteiger partial charge in [-0.05, 0) is 40.5 Å². The summed E-state index contributed by atoms with van der Waals surface area (Å²) in [4.78, 5) is 0.224. The molecule has 1 N–H and O–H groups in total. The smallest absolute Gasteiger partial charge is 0.241 e. The molecule has 0 unspecified atom stereocenters. The van der Waals surface area contributed by atoms with E-state index in [-0.39, 0.29) is 4.90 Å². The maximum absolute atomic E-state index is 12.1. The fourth-order valence-electron chi connectivity index (χ4n) is 1.57. The predicted octanol–water partition coefficient (Wildman–Crippen LogP) is 2.17. The summed E-state index contributed by atoms with van der Waals surface area (Å²) in [5.74, 6) is 0. The first kappa shape index (κ1) is 15.6. The number of benzene rings is 1. The maximum Gasteiger partial charge on any atom is 0.241 e. The van der Waals surface area contributed by atoms with Crippen molar-refractivity contribution in [2.75, 3.05) is 6.54 Å². The summed E-state index contributed by atoms with van der Waals surface area (Å²) >= 11 is 6.54. The average Bonchev–Trinajstić information content (AvgIpc) is 2.87. The van der Waals surface area contributed by atoms with Gasteiger partial charge in [0.25, 0.3) is 0 Å². The van der Waals surface area contributed by atoms with Gasteiger partial charge in [-0.2, -0.15) is 0 Å². The first-order valence-electron chi connectivity index (χ1n) is 5.78. The molecule has 2 rings (SSSR count). The molecule has 0 radical (unpaired) electrons. The highest BCUT2D eigenvalue weighted by atomic mass is 79.9. The molecule has 0 amide bonds. The molecule has 1 aromatic heterocycles. The predicted molar refractivity (Wildman–Crippen MR) is 81.7 cm³/mol. The molecule has 0 saturated heterocycles. The van der Waals surface area contributed by atoms with Crippen molar-refractivity contribution in [3.63, 3.8) is 0 Å². The van der Waals surface area contributed by atoms with Crippen molar-refractivity contribution in [2.24, 2.45) is 0 Å². The molecule has 9 heteroatoms. The summed E-state index contributed by atoms with van der Waals surface area (Å²) in [7, 11) is -3.51. The number of rotatable bonds is 6. The number of aromatic nitrogens is 3. The summed E-state index contributed by atoms with van der Waals surface area (Å²) in [6.07, 6.45) is 3.96. The van der Waals surface area contributed by atoms with Crippen LogP contribution in [0.3, 0.4) is 0 Å². The van der Waals surface area contributed by atoms with E-state index in [0.717, 1.165) is 4.47 Å². The van der Waals surface area contributed by atoms with Crippen molar-refractivity contribution in [3.8, 4) is 0 Å². The van der Waals surface area contributed by atoms with E-state index >= 15 is 0 Å². The lowest BCUT2D eigenvalue weighted by Gasteiger charge is -2.08. The maximum atomic E-state index is 12.1. The molecule has 0 aliphatic heterocycles. The number of halogens is 2. The molecule has 0 fully saturated rings. The molecule has 6 nitrogen and oxygen atoms in total. The summed E-state index contributed by atoms with van der Waals surface area (Å²) < 4.78 is 29.8. The standard InChI is InChI=1S/C11H12Br2N4O2S/c12-9-2-3-11(10(13)8-9)20(18,19)15-4-1-6-17-7-5-14-16-17/h2-3,5,7-8,15H,1,4,6H2. The zero-order valence-corrected chi connectivity index (χ0v) is 14.3. The molecular formula is C11H12Br2N4O2S. The summed E-state index contributed by atoms with van der Waals surface area (Å²) in [6.45, 7) is 0.953. The van der Waals surface area contributed by atoms with Gasteiger partial charge in [-0.25, -0.2) is 13.1 Å². The fourth-order valence-corrected chi connectivity index (χ4v) is 4.39. The number of sulfonamides is 1. The van der Waals surface area contributed by atoms with Gasteiger partial charge < -0.3 is 0 Å². The van der Waals surface area contributed by atoms with Crippen LogP contribution in [-0.2, 0) is 16.6 Å². The van der Waals surface area contributed by atoms with E-state index in [2.05, 4.69) is 46.9 Å². The second kappa shape index (κ2) is 6.79. The second-order valence-electron chi connectivity index (χ2n) is 3.99. The quantitative estimate of drug-likeness (QED) is 0.722. The first-order chi connectivity index (χ1) is 9.49. The third-order valence-corrected chi connectivity index (χ3v) is 5.44. The highest BCUT2D eigenvalue weighted by Gasteiger charge is 2.16. The number of hydrogen-bond acceptors (Lipinski definition) is 4. The van der Waals surface area contributed by atoms with Gasteiger partial charge in [-0.1, -0.05) is 21.1 Å². The van der Waals surface area contributed by atoms with Crippen LogP contribution < -0.4 is 4.72 Å². The Hall–Kier alpha value is -0.770. The van der Waals surface area contributed by atoms with Crippen molar-refractivity contribution >= 4 is 41.9 Å². The van der Waals surface area contributed by atoms with E-state index in [1.54, 1.807) is 35.3 Å². The molecule has 108 valence electrons. The van der Waals surface area contributed by atoms with Crippen molar-refractivity contribution < 1.29 is 8.42 Å². The minimum atomic E-state index is -3.51. The molecule has 0 bridgehead atoms. The molecule has 2 aromatic rings. The molecule has 0 aliphatic carbocycles. The molecule has 0 saturated carbocycles. The van der Waals surface area contributed by atoms with Crippen molar-refractivity contribution in [1.29, 1.82) is 0 Å². The van der Waals surface area contributed by atoms with Gasteiger partial charge in [-0.3, -0.25) is 4.68 Å². The summed E-state index contributed by atoms with van der Waals surface area (Å²) in [6, 6.07) is 4.94. The normalized spacial score (nSPS) is 11.7. The second-order valence-corrected chi connectivity index (χ2v) is 7.50. The molecule has 1 heterocycles. The lowest BCUT2D eigenvalue weighted by Crippen LogP contribution is -2.26. The Kier molecular flexibility index (Phi) is 5.30. The van der Waals surface area contributed by atoms with Crippen LogP contribution in [0.5, 0.6) is 0 Å². The van der Waals surface area contributed by atoms with Crippen LogP contribution in [0.2, 0.25) is 0 Å². The summed E-state index contributed by atoms with van der Waals surface area (Å²) in [5.41, 5.74) is 0. The van der Waals surface area contributed by atoms with Crippen molar-refractivity contribution in [3.05, 3.63) is 39.5 Å². The number of nitrogens with zero attached hydrogens (tertiary/aromatic N) is 3. The topological polar surface area (TPSA) is 76.9 Å². The van der Waals surface area contributed by atoms with Crippen LogP contribution >= 0.6 is 31.9 Å².